The van der Waals surface area contributed by atoms with E-state index in [1.54, 1.807) is 12.4 Å². The summed E-state index contributed by atoms with van der Waals surface area (Å²) >= 11 is 0. The highest BCUT2D eigenvalue weighted by Gasteiger charge is 2.11. The van der Waals surface area contributed by atoms with Gasteiger partial charge in [-0.2, -0.15) is 10.2 Å². The summed E-state index contributed by atoms with van der Waals surface area (Å²) in [5, 5.41) is 13.4. The summed E-state index contributed by atoms with van der Waals surface area (Å²) in [6.45, 7) is 7.38. The van der Waals surface area contributed by atoms with Gasteiger partial charge in [-0.3, -0.25) is 4.90 Å². The van der Waals surface area contributed by atoms with Crippen molar-refractivity contribution in [2.24, 2.45) is 0 Å². The van der Waals surface area contributed by atoms with E-state index in [1.807, 2.05) is 12.3 Å². The fourth-order valence-electron chi connectivity index (χ4n) is 3.46. The first-order valence-corrected chi connectivity index (χ1v) is 9.12. The van der Waals surface area contributed by atoms with E-state index in [2.05, 4.69) is 56.2 Å². The van der Waals surface area contributed by atoms with Crippen molar-refractivity contribution in [2.45, 2.75) is 19.3 Å². The Hall–Kier alpha value is -2.79. The van der Waals surface area contributed by atoms with Gasteiger partial charge in [0.1, 0.15) is 5.82 Å². The molecule has 0 aliphatic carbocycles. The fraction of sp³-hybridized carbons (Fsp3) is 0.286. The molecule has 2 aromatic heterocycles. The maximum absolute atomic E-state index is 4.53. The number of aromatic nitrogens is 3. The standard InChI is InChI=1S/C21H23N5/c1-16(15-26-9-3-2-4-10-26)25-21-12-20-11-17(5-6-18(20)13-22-21)19-7-8-23-24-14-19/h5-8,11-14H,1-4,9-10,15H2,(H,22,25). The second-order valence-electron chi connectivity index (χ2n) is 6.83. The van der Waals surface area contributed by atoms with Crippen molar-refractivity contribution in [3.05, 3.63) is 61.2 Å². The van der Waals surface area contributed by atoms with Crippen molar-refractivity contribution in [2.75, 3.05) is 25.0 Å². The Labute approximate surface area is 153 Å². The molecule has 1 aliphatic heterocycles. The van der Waals surface area contributed by atoms with Gasteiger partial charge in [-0.1, -0.05) is 25.1 Å². The SMILES string of the molecule is C=C(CN1CCCCC1)Nc1cc2cc(-c3ccnnc3)ccc2cn1. The zero-order valence-electron chi connectivity index (χ0n) is 14.9. The van der Waals surface area contributed by atoms with Crippen LogP contribution in [0.25, 0.3) is 21.9 Å². The van der Waals surface area contributed by atoms with Gasteiger partial charge in [-0.05, 0) is 55.1 Å². The third-order valence-corrected chi connectivity index (χ3v) is 4.81. The predicted molar refractivity (Wildman–Crippen MR) is 106 cm³/mol. The van der Waals surface area contributed by atoms with E-state index >= 15 is 0 Å². The molecule has 132 valence electrons. The molecule has 0 spiro atoms. The molecule has 1 saturated heterocycles. The highest BCUT2D eigenvalue weighted by Crippen LogP contribution is 2.25. The van der Waals surface area contributed by atoms with E-state index < -0.39 is 0 Å². The van der Waals surface area contributed by atoms with Crippen molar-refractivity contribution in [1.29, 1.82) is 0 Å². The molecular formula is C21H23N5. The number of rotatable bonds is 5. The monoisotopic (exact) mass is 345 g/mol. The molecule has 0 unspecified atom stereocenters. The van der Waals surface area contributed by atoms with E-state index in [0.29, 0.717) is 0 Å². The van der Waals surface area contributed by atoms with E-state index in [-0.39, 0.29) is 0 Å². The Morgan fingerprint density at radius 1 is 0.962 bits per heavy atom. The second kappa shape index (κ2) is 7.62. The Balaban J connectivity index is 1.51. The van der Waals surface area contributed by atoms with Crippen LogP contribution in [0.15, 0.2) is 61.2 Å². The minimum atomic E-state index is 0.838. The number of benzene rings is 1. The molecule has 0 amide bonds. The Morgan fingerprint density at radius 3 is 2.65 bits per heavy atom. The number of nitrogens with zero attached hydrogens (tertiary/aromatic N) is 4. The molecule has 1 aliphatic rings. The number of anilines is 1. The molecule has 5 heteroatoms. The number of pyridine rings is 1. The lowest BCUT2D eigenvalue weighted by Gasteiger charge is -2.27. The van der Waals surface area contributed by atoms with Crippen LogP contribution in [0, 0.1) is 0 Å². The number of fused-ring (bicyclic) bond motifs is 1. The third-order valence-electron chi connectivity index (χ3n) is 4.81. The van der Waals surface area contributed by atoms with Crippen LogP contribution >= 0.6 is 0 Å². The highest BCUT2D eigenvalue weighted by atomic mass is 15.2. The third kappa shape index (κ3) is 3.89. The van der Waals surface area contributed by atoms with Crippen molar-refractivity contribution in [3.8, 4) is 11.1 Å². The van der Waals surface area contributed by atoms with E-state index in [9.17, 15) is 0 Å². The average Bonchev–Trinajstić information content (AvgIpc) is 2.69. The van der Waals surface area contributed by atoms with Gasteiger partial charge >= 0.3 is 0 Å². The zero-order chi connectivity index (χ0) is 17.8. The molecule has 1 aromatic carbocycles. The zero-order valence-corrected chi connectivity index (χ0v) is 14.9. The smallest absolute Gasteiger partial charge is 0.130 e. The summed E-state index contributed by atoms with van der Waals surface area (Å²) in [6.07, 6.45) is 9.31. The molecule has 0 atom stereocenters. The first kappa shape index (κ1) is 16.7. The summed E-state index contributed by atoms with van der Waals surface area (Å²) < 4.78 is 0. The Morgan fingerprint density at radius 2 is 1.85 bits per heavy atom. The number of hydrogen-bond donors (Lipinski definition) is 1. The maximum Gasteiger partial charge on any atom is 0.130 e. The van der Waals surface area contributed by atoms with Gasteiger partial charge in [0.2, 0.25) is 0 Å². The quantitative estimate of drug-likeness (QED) is 0.754. The normalized spacial score (nSPS) is 15.1. The highest BCUT2D eigenvalue weighted by molar-refractivity contribution is 5.88. The van der Waals surface area contributed by atoms with E-state index in [4.69, 9.17) is 0 Å². The van der Waals surface area contributed by atoms with Crippen LogP contribution in [0.3, 0.4) is 0 Å². The van der Waals surface area contributed by atoms with Gasteiger partial charge < -0.3 is 5.32 Å². The van der Waals surface area contributed by atoms with Gasteiger partial charge in [0, 0.05) is 29.4 Å². The van der Waals surface area contributed by atoms with Crippen molar-refractivity contribution in [1.82, 2.24) is 20.1 Å². The van der Waals surface area contributed by atoms with Gasteiger partial charge in [0.25, 0.3) is 0 Å². The maximum atomic E-state index is 4.53. The lowest BCUT2D eigenvalue weighted by Crippen LogP contribution is -2.32. The molecule has 0 bridgehead atoms. The summed E-state index contributed by atoms with van der Waals surface area (Å²) in [5.74, 6) is 0.838. The molecule has 0 radical (unpaired) electrons. The lowest BCUT2D eigenvalue weighted by atomic mass is 10.0. The number of nitrogens with one attached hydrogen (secondary N) is 1. The second-order valence-corrected chi connectivity index (χ2v) is 6.83. The fourth-order valence-corrected chi connectivity index (χ4v) is 3.46. The number of likely N-dealkylation sites (tertiary alicyclic amines) is 1. The summed E-state index contributed by atoms with van der Waals surface area (Å²) in [7, 11) is 0. The van der Waals surface area contributed by atoms with E-state index in [1.165, 1.54) is 19.3 Å². The molecule has 1 N–H and O–H groups in total. The van der Waals surface area contributed by atoms with Gasteiger partial charge in [-0.25, -0.2) is 4.98 Å². The molecule has 3 aromatic rings. The summed E-state index contributed by atoms with van der Waals surface area (Å²) in [4.78, 5) is 6.98. The first-order chi connectivity index (χ1) is 12.8. The minimum absolute atomic E-state index is 0.838. The van der Waals surface area contributed by atoms with E-state index in [0.717, 1.165) is 53.0 Å². The Kier molecular flexibility index (Phi) is 4.88. The molecule has 4 rings (SSSR count). The van der Waals surface area contributed by atoms with Gasteiger partial charge in [0.05, 0.1) is 12.4 Å². The molecule has 5 nitrogen and oxygen atoms in total. The molecule has 1 fully saturated rings. The number of piperidine rings is 1. The number of hydrogen-bond acceptors (Lipinski definition) is 5. The topological polar surface area (TPSA) is 53.9 Å². The largest absolute Gasteiger partial charge is 0.343 e. The van der Waals surface area contributed by atoms with Crippen LogP contribution in [0.5, 0.6) is 0 Å². The molecule has 3 heterocycles. The van der Waals surface area contributed by atoms with Crippen LogP contribution in [-0.4, -0.2) is 39.7 Å². The van der Waals surface area contributed by atoms with Gasteiger partial charge in [0.15, 0.2) is 0 Å². The summed E-state index contributed by atoms with van der Waals surface area (Å²) in [5.41, 5.74) is 3.17. The van der Waals surface area contributed by atoms with Crippen LogP contribution in [0.4, 0.5) is 5.82 Å². The van der Waals surface area contributed by atoms with Crippen LogP contribution in [-0.2, 0) is 0 Å². The van der Waals surface area contributed by atoms with Crippen molar-refractivity contribution in [3.63, 3.8) is 0 Å². The van der Waals surface area contributed by atoms with Crippen LogP contribution in [0.1, 0.15) is 19.3 Å². The Bertz CT molecular complexity index is 901. The molecule has 0 saturated carbocycles. The molecule has 26 heavy (non-hydrogen) atoms. The summed E-state index contributed by atoms with van der Waals surface area (Å²) in [6, 6.07) is 10.4. The minimum Gasteiger partial charge on any atom is -0.343 e. The lowest BCUT2D eigenvalue weighted by molar-refractivity contribution is 0.247. The molecular weight excluding hydrogens is 322 g/mol. The van der Waals surface area contributed by atoms with Crippen LogP contribution in [0.2, 0.25) is 0 Å². The average molecular weight is 345 g/mol. The van der Waals surface area contributed by atoms with Gasteiger partial charge in [-0.15, -0.1) is 0 Å². The van der Waals surface area contributed by atoms with Crippen LogP contribution < -0.4 is 5.32 Å². The van der Waals surface area contributed by atoms with Crippen molar-refractivity contribution >= 4 is 16.6 Å². The first-order valence-electron chi connectivity index (χ1n) is 9.12. The van der Waals surface area contributed by atoms with Crippen molar-refractivity contribution < 1.29 is 0 Å². The predicted octanol–water partition coefficient (Wildman–Crippen LogP) is 4.10.